The van der Waals surface area contributed by atoms with Crippen LogP contribution < -0.4 is 5.43 Å². The Kier molecular flexibility index (Phi) is 3.89. The summed E-state index contributed by atoms with van der Waals surface area (Å²) in [7, 11) is 1.90. The van der Waals surface area contributed by atoms with Gasteiger partial charge in [-0.2, -0.15) is 0 Å². The predicted molar refractivity (Wildman–Crippen MR) is 64.3 cm³/mol. The molecule has 0 spiro atoms. The van der Waals surface area contributed by atoms with E-state index in [9.17, 15) is 4.39 Å². The Hall–Kier alpha value is -0.520. The highest BCUT2D eigenvalue weighted by atomic mass is 79.9. The van der Waals surface area contributed by atoms with Gasteiger partial charge in [0.05, 0.1) is 6.04 Å². The molecule has 1 aliphatic heterocycles. The second-order valence-corrected chi connectivity index (χ2v) is 4.72. The number of hydrogen-bond donors (Lipinski definition) is 1. The van der Waals surface area contributed by atoms with Crippen molar-refractivity contribution in [2.24, 2.45) is 0 Å². The fourth-order valence-electron chi connectivity index (χ4n) is 2.16. The van der Waals surface area contributed by atoms with Crippen LogP contribution in [0.5, 0.6) is 0 Å². The zero-order chi connectivity index (χ0) is 11.5. The number of hydrazine groups is 1. The molecule has 2 heterocycles. The first-order valence-corrected chi connectivity index (χ1v) is 6.26. The van der Waals surface area contributed by atoms with Gasteiger partial charge in [-0.1, -0.05) is 6.42 Å². The van der Waals surface area contributed by atoms with Crippen molar-refractivity contribution in [1.29, 1.82) is 0 Å². The molecular formula is C11H15BrFN3. The lowest BCUT2D eigenvalue weighted by Crippen LogP contribution is -2.41. The Bertz CT molecular complexity index is 372. The minimum Gasteiger partial charge on any atom is -0.258 e. The maximum Gasteiger partial charge on any atom is 0.156 e. The standard InChI is InChI=1S/C11H15BrFN3/c1-14-16-5-3-2-4-10(16)8-6-9(13)11(12)15-7-8/h6-7,10,14H,2-5H2,1H3. The van der Waals surface area contributed by atoms with E-state index < -0.39 is 0 Å². The van der Waals surface area contributed by atoms with E-state index in [4.69, 9.17) is 0 Å². The van der Waals surface area contributed by atoms with Crippen LogP contribution in [0.15, 0.2) is 16.9 Å². The summed E-state index contributed by atoms with van der Waals surface area (Å²) in [4.78, 5) is 4.01. The molecule has 0 amide bonds. The lowest BCUT2D eigenvalue weighted by atomic mass is 9.98. The number of hydrogen-bond acceptors (Lipinski definition) is 3. The maximum absolute atomic E-state index is 13.4. The van der Waals surface area contributed by atoms with Gasteiger partial charge in [0.1, 0.15) is 4.60 Å². The molecule has 1 aromatic heterocycles. The van der Waals surface area contributed by atoms with Crippen LogP contribution in [0.1, 0.15) is 30.9 Å². The molecule has 5 heteroatoms. The minimum atomic E-state index is -0.292. The highest BCUT2D eigenvalue weighted by molar-refractivity contribution is 9.10. The fraction of sp³-hybridized carbons (Fsp3) is 0.545. The van der Waals surface area contributed by atoms with Crippen molar-refractivity contribution in [2.45, 2.75) is 25.3 Å². The van der Waals surface area contributed by atoms with E-state index in [-0.39, 0.29) is 16.5 Å². The quantitative estimate of drug-likeness (QED) is 0.848. The second kappa shape index (κ2) is 5.21. The highest BCUT2D eigenvalue weighted by Gasteiger charge is 2.23. The van der Waals surface area contributed by atoms with Crippen molar-refractivity contribution in [1.82, 2.24) is 15.4 Å². The average Bonchev–Trinajstić information content (AvgIpc) is 2.32. The van der Waals surface area contributed by atoms with Crippen molar-refractivity contribution in [2.75, 3.05) is 13.6 Å². The predicted octanol–water partition coefficient (Wildman–Crippen LogP) is 2.64. The Morgan fingerprint density at radius 2 is 2.38 bits per heavy atom. The van der Waals surface area contributed by atoms with Crippen LogP contribution in [-0.4, -0.2) is 23.6 Å². The van der Waals surface area contributed by atoms with E-state index in [1.54, 1.807) is 12.3 Å². The summed E-state index contributed by atoms with van der Waals surface area (Å²) in [6, 6.07) is 1.80. The van der Waals surface area contributed by atoms with Crippen LogP contribution in [0.25, 0.3) is 0 Å². The van der Waals surface area contributed by atoms with Gasteiger partial charge in [0, 0.05) is 12.7 Å². The molecule has 0 aromatic carbocycles. The minimum absolute atomic E-state index is 0.230. The third-order valence-corrected chi connectivity index (χ3v) is 3.58. The molecule has 1 fully saturated rings. The molecule has 0 bridgehead atoms. The summed E-state index contributed by atoms with van der Waals surface area (Å²) >= 11 is 3.07. The van der Waals surface area contributed by atoms with Gasteiger partial charge in [-0.15, -0.1) is 0 Å². The first-order valence-electron chi connectivity index (χ1n) is 5.47. The molecule has 0 radical (unpaired) electrons. The van der Waals surface area contributed by atoms with Crippen LogP contribution in [-0.2, 0) is 0 Å². The second-order valence-electron chi connectivity index (χ2n) is 3.97. The van der Waals surface area contributed by atoms with E-state index in [0.717, 1.165) is 18.5 Å². The number of rotatable bonds is 2. The number of nitrogens with one attached hydrogen (secondary N) is 1. The van der Waals surface area contributed by atoms with E-state index in [2.05, 4.69) is 31.3 Å². The van der Waals surface area contributed by atoms with Crippen molar-refractivity contribution in [3.63, 3.8) is 0 Å². The van der Waals surface area contributed by atoms with E-state index in [1.165, 1.54) is 12.8 Å². The van der Waals surface area contributed by atoms with Gasteiger partial charge in [0.2, 0.25) is 0 Å². The molecule has 1 saturated heterocycles. The van der Waals surface area contributed by atoms with Crippen molar-refractivity contribution >= 4 is 15.9 Å². The lowest BCUT2D eigenvalue weighted by Gasteiger charge is -2.34. The van der Waals surface area contributed by atoms with Crippen LogP contribution in [0.4, 0.5) is 4.39 Å². The molecule has 3 nitrogen and oxygen atoms in total. The molecule has 1 atom stereocenters. The zero-order valence-corrected chi connectivity index (χ0v) is 10.8. The van der Waals surface area contributed by atoms with Gasteiger partial charge in [-0.25, -0.2) is 14.4 Å². The third-order valence-electron chi connectivity index (χ3n) is 2.99. The molecule has 1 unspecified atom stereocenters. The fourth-order valence-corrected chi connectivity index (χ4v) is 2.38. The van der Waals surface area contributed by atoms with Gasteiger partial charge in [0.25, 0.3) is 0 Å². The largest absolute Gasteiger partial charge is 0.258 e. The summed E-state index contributed by atoms with van der Waals surface area (Å²) in [6.45, 7) is 0.999. The smallest absolute Gasteiger partial charge is 0.156 e. The summed E-state index contributed by atoms with van der Waals surface area (Å²) in [6.07, 6.45) is 5.15. The van der Waals surface area contributed by atoms with Crippen LogP contribution in [0.2, 0.25) is 0 Å². The number of piperidine rings is 1. The lowest BCUT2D eigenvalue weighted by molar-refractivity contribution is 0.0979. The summed E-state index contributed by atoms with van der Waals surface area (Å²) < 4.78 is 13.7. The van der Waals surface area contributed by atoms with Crippen molar-refractivity contribution < 1.29 is 4.39 Å². The van der Waals surface area contributed by atoms with Crippen molar-refractivity contribution in [3.8, 4) is 0 Å². The molecule has 1 aliphatic rings. The van der Waals surface area contributed by atoms with Crippen LogP contribution in [0.3, 0.4) is 0 Å². The van der Waals surface area contributed by atoms with E-state index >= 15 is 0 Å². The maximum atomic E-state index is 13.4. The molecular weight excluding hydrogens is 273 g/mol. The first kappa shape index (κ1) is 12.0. The SMILES string of the molecule is CNN1CCCCC1c1cnc(Br)c(F)c1. The van der Waals surface area contributed by atoms with Crippen LogP contribution in [0, 0.1) is 5.82 Å². The molecule has 0 saturated carbocycles. The van der Waals surface area contributed by atoms with Gasteiger partial charge in [0.15, 0.2) is 5.82 Å². The normalized spacial score (nSPS) is 22.3. The van der Waals surface area contributed by atoms with E-state index in [1.807, 2.05) is 7.05 Å². The van der Waals surface area contributed by atoms with Gasteiger partial charge in [-0.05, 0) is 47.4 Å². The Balaban J connectivity index is 2.23. The third kappa shape index (κ3) is 2.42. The summed E-state index contributed by atoms with van der Waals surface area (Å²) in [5.74, 6) is -0.292. The summed E-state index contributed by atoms with van der Waals surface area (Å²) in [5, 5.41) is 2.15. The Labute approximate surface area is 103 Å². The average molecular weight is 288 g/mol. The van der Waals surface area contributed by atoms with Gasteiger partial charge >= 0.3 is 0 Å². The highest BCUT2D eigenvalue weighted by Crippen LogP contribution is 2.29. The molecule has 88 valence electrons. The molecule has 1 N–H and O–H groups in total. The number of nitrogens with zero attached hydrogens (tertiary/aromatic N) is 2. The Morgan fingerprint density at radius 3 is 3.06 bits per heavy atom. The van der Waals surface area contributed by atoms with Gasteiger partial charge in [-0.3, -0.25) is 5.43 Å². The molecule has 1 aromatic rings. The molecule has 16 heavy (non-hydrogen) atoms. The topological polar surface area (TPSA) is 28.2 Å². The first-order chi connectivity index (χ1) is 7.72. The zero-order valence-electron chi connectivity index (χ0n) is 9.21. The number of pyridine rings is 1. The van der Waals surface area contributed by atoms with Crippen LogP contribution >= 0.6 is 15.9 Å². The number of aromatic nitrogens is 1. The molecule has 2 rings (SSSR count). The van der Waals surface area contributed by atoms with E-state index in [0.29, 0.717) is 0 Å². The van der Waals surface area contributed by atoms with Crippen molar-refractivity contribution in [3.05, 3.63) is 28.2 Å². The Morgan fingerprint density at radius 1 is 1.56 bits per heavy atom. The monoisotopic (exact) mass is 287 g/mol. The summed E-state index contributed by atoms with van der Waals surface area (Å²) in [5.41, 5.74) is 4.10. The van der Waals surface area contributed by atoms with Gasteiger partial charge < -0.3 is 0 Å². The molecule has 0 aliphatic carbocycles. The number of halogens is 2.